The van der Waals surface area contributed by atoms with Gasteiger partial charge in [-0.25, -0.2) is 4.98 Å². The van der Waals surface area contributed by atoms with Crippen LogP contribution < -0.4 is 10.7 Å². The lowest BCUT2D eigenvalue weighted by Gasteiger charge is -2.31. The van der Waals surface area contributed by atoms with Gasteiger partial charge >= 0.3 is 6.18 Å². The first-order valence-corrected chi connectivity index (χ1v) is 14.3. The van der Waals surface area contributed by atoms with Gasteiger partial charge in [0, 0.05) is 31.5 Å². The molecule has 216 valence electrons. The van der Waals surface area contributed by atoms with E-state index in [1.807, 2.05) is 53.1 Å². The van der Waals surface area contributed by atoms with Gasteiger partial charge in [0.05, 0.1) is 57.0 Å². The molecule has 0 unspecified atom stereocenters. The molecule has 0 radical (unpaired) electrons. The smallest absolute Gasteiger partial charge is 0.352 e. The first-order chi connectivity index (χ1) is 20.2. The van der Waals surface area contributed by atoms with Crippen LogP contribution in [0.4, 0.5) is 24.5 Å². The lowest BCUT2D eigenvalue weighted by atomic mass is 10.0. The van der Waals surface area contributed by atoms with Crippen LogP contribution in [0.1, 0.15) is 32.3 Å². The molecule has 6 nitrogen and oxygen atoms in total. The lowest BCUT2D eigenvalue weighted by molar-refractivity contribution is -0.137. The fourth-order valence-electron chi connectivity index (χ4n) is 5.66. The van der Waals surface area contributed by atoms with Crippen LogP contribution >= 0.6 is 0 Å². The molecular formula is C33H33F3N6. The van der Waals surface area contributed by atoms with Crippen molar-refractivity contribution in [1.29, 1.82) is 0 Å². The van der Waals surface area contributed by atoms with E-state index in [0.29, 0.717) is 17.3 Å². The quantitative estimate of drug-likeness (QED) is 0.218. The van der Waals surface area contributed by atoms with E-state index >= 15 is 0 Å². The highest BCUT2D eigenvalue weighted by atomic mass is 19.4. The topological polar surface area (TPSA) is 58.3 Å². The Morgan fingerprint density at radius 3 is 2.43 bits per heavy atom. The second-order valence-corrected chi connectivity index (χ2v) is 11.3. The largest absolute Gasteiger partial charge is 0.416 e. The van der Waals surface area contributed by atoms with Gasteiger partial charge in [-0.15, -0.1) is 0 Å². The predicted molar refractivity (Wildman–Crippen MR) is 160 cm³/mol. The zero-order valence-corrected chi connectivity index (χ0v) is 23.6. The Labute approximate surface area is 242 Å². The first kappa shape index (κ1) is 27.9. The van der Waals surface area contributed by atoms with Crippen molar-refractivity contribution in [1.82, 2.24) is 19.4 Å². The summed E-state index contributed by atoms with van der Waals surface area (Å²) >= 11 is 0. The normalized spacial score (nSPS) is 15.6. The van der Waals surface area contributed by atoms with Gasteiger partial charge < -0.3 is 14.8 Å². The lowest BCUT2D eigenvalue weighted by Crippen LogP contribution is -2.38. The molecule has 0 atom stereocenters. The zero-order chi connectivity index (χ0) is 29.3. The van der Waals surface area contributed by atoms with Gasteiger partial charge in [0.15, 0.2) is 0 Å². The molecule has 1 aromatic heterocycles. The second-order valence-electron chi connectivity index (χ2n) is 11.3. The number of piperidine rings is 1. The number of anilines is 2. The molecule has 1 fully saturated rings. The van der Waals surface area contributed by atoms with Crippen molar-refractivity contribution in [2.45, 2.75) is 38.9 Å². The Bertz CT molecular complexity index is 1700. The van der Waals surface area contributed by atoms with Crippen LogP contribution in [-0.2, 0) is 6.18 Å². The van der Waals surface area contributed by atoms with Crippen LogP contribution in [0, 0.1) is 5.92 Å². The molecule has 0 saturated carbocycles. The fraction of sp³-hybridized carbons (Fsp3) is 0.303. The van der Waals surface area contributed by atoms with Crippen LogP contribution in [0.25, 0.3) is 28.1 Å². The molecule has 3 aromatic rings. The maximum Gasteiger partial charge on any atom is 0.416 e. The first-order valence-electron chi connectivity index (χ1n) is 14.3. The van der Waals surface area contributed by atoms with E-state index in [4.69, 9.17) is 9.98 Å². The monoisotopic (exact) mass is 570 g/mol. The molecule has 2 aromatic carbocycles. The maximum atomic E-state index is 13.4. The number of rotatable bonds is 6. The minimum Gasteiger partial charge on any atom is -0.352 e. The standard InChI is InChI=1S/C33H33F3N6/c1-22(2)21-41-16-13-24(14-17-41)38-29-19-32-30(18-28(29)39-25-6-5-15-37-20-25)40-27-7-3-4-8-31(27)42(32)26-11-9-23(10-12-26)33(34,35)36/h3-12,15,18-20,22,24,39H,13-14,16-17,21H2,1-2H3/b38-29+. The number of hydrogen-bond donors (Lipinski definition) is 1. The molecule has 9 heteroatoms. The van der Waals surface area contributed by atoms with Crippen LogP contribution in [-0.4, -0.2) is 45.1 Å². The minimum absolute atomic E-state index is 0.160. The molecular weight excluding hydrogens is 537 g/mol. The van der Waals surface area contributed by atoms with Crippen molar-refractivity contribution in [3.63, 3.8) is 0 Å². The minimum atomic E-state index is -4.41. The Hall–Kier alpha value is -4.24. The Balaban J connectivity index is 1.51. The molecule has 1 saturated heterocycles. The van der Waals surface area contributed by atoms with E-state index in [1.165, 1.54) is 12.1 Å². The number of pyridine rings is 1. The molecule has 6 rings (SSSR count). The van der Waals surface area contributed by atoms with E-state index < -0.39 is 11.7 Å². The number of hydrogen-bond acceptors (Lipinski definition) is 5. The zero-order valence-electron chi connectivity index (χ0n) is 23.6. The summed E-state index contributed by atoms with van der Waals surface area (Å²) in [7, 11) is 0. The summed E-state index contributed by atoms with van der Waals surface area (Å²) in [6.07, 6.45) is 1.00. The van der Waals surface area contributed by atoms with Crippen LogP contribution in [0.3, 0.4) is 0 Å². The van der Waals surface area contributed by atoms with E-state index in [2.05, 4.69) is 29.0 Å². The summed E-state index contributed by atoms with van der Waals surface area (Å²) in [6, 6.07) is 20.9. The molecule has 0 bridgehead atoms. The highest BCUT2D eigenvalue weighted by Crippen LogP contribution is 2.33. The van der Waals surface area contributed by atoms with E-state index in [0.717, 1.165) is 78.1 Å². The van der Waals surface area contributed by atoms with E-state index in [-0.39, 0.29) is 6.04 Å². The Morgan fingerprint density at radius 1 is 0.976 bits per heavy atom. The number of aromatic nitrogens is 3. The Kier molecular flexibility index (Phi) is 7.68. The van der Waals surface area contributed by atoms with Crippen LogP contribution in [0.5, 0.6) is 0 Å². The third kappa shape index (κ3) is 6.01. The predicted octanol–water partition coefficient (Wildman–Crippen LogP) is 7.31. The average Bonchev–Trinajstić information content (AvgIpc) is 2.97. The summed E-state index contributed by atoms with van der Waals surface area (Å²) in [6.45, 7) is 7.58. The summed E-state index contributed by atoms with van der Waals surface area (Å²) in [5.41, 5.74) is 4.57. The molecule has 3 aliphatic rings. The van der Waals surface area contributed by atoms with Gasteiger partial charge in [-0.1, -0.05) is 26.0 Å². The highest BCUT2D eigenvalue weighted by Gasteiger charge is 2.30. The van der Waals surface area contributed by atoms with Crippen molar-refractivity contribution in [3.8, 4) is 17.1 Å². The third-order valence-electron chi connectivity index (χ3n) is 7.59. The van der Waals surface area contributed by atoms with Gasteiger partial charge in [-0.2, -0.15) is 13.2 Å². The summed E-state index contributed by atoms with van der Waals surface area (Å²) in [5, 5.41) is 4.26. The summed E-state index contributed by atoms with van der Waals surface area (Å²) < 4.78 is 42.1. The molecule has 42 heavy (non-hydrogen) atoms. The van der Waals surface area contributed by atoms with Gasteiger partial charge in [-0.05, 0) is 79.4 Å². The number of halogens is 3. The summed E-state index contributed by atoms with van der Waals surface area (Å²) in [5.74, 6) is 0.622. The molecule has 1 N–H and O–H groups in total. The third-order valence-corrected chi connectivity index (χ3v) is 7.59. The molecule has 0 amide bonds. The summed E-state index contributed by atoms with van der Waals surface area (Å²) in [4.78, 5) is 16.9. The average molecular weight is 571 g/mol. The van der Waals surface area contributed by atoms with E-state index in [1.54, 1.807) is 12.4 Å². The highest BCUT2D eigenvalue weighted by molar-refractivity contribution is 5.84. The van der Waals surface area contributed by atoms with Gasteiger partial charge in [0.1, 0.15) is 0 Å². The number of likely N-dealkylation sites (tertiary alicyclic amines) is 1. The number of benzene rings is 3. The van der Waals surface area contributed by atoms with Gasteiger partial charge in [0.2, 0.25) is 0 Å². The van der Waals surface area contributed by atoms with Crippen LogP contribution in [0.2, 0.25) is 0 Å². The number of para-hydroxylation sites is 2. The molecule has 2 aliphatic heterocycles. The van der Waals surface area contributed by atoms with E-state index in [9.17, 15) is 13.2 Å². The van der Waals surface area contributed by atoms with Crippen molar-refractivity contribution in [3.05, 3.63) is 96.1 Å². The number of nitrogens with zero attached hydrogens (tertiary/aromatic N) is 5. The van der Waals surface area contributed by atoms with Gasteiger partial charge in [0.25, 0.3) is 0 Å². The van der Waals surface area contributed by atoms with Crippen LogP contribution in [0.15, 0.2) is 90.2 Å². The number of alkyl halides is 3. The molecule has 1 aliphatic carbocycles. The second kappa shape index (κ2) is 11.6. The van der Waals surface area contributed by atoms with Crippen molar-refractivity contribution >= 4 is 22.4 Å². The Morgan fingerprint density at radius 2 is 1.74 bits per heavy atom. The van der Waals surface area contributed by atoms with Crippen molar-refractivity contribution in [2.24, 2.45) is 10.9 Å². The number of fused-ring (bicyclic) bond motifs is 2. The molecule has 3 heterocycles. The van der Waals surface area contributed by atoms with Crippen molar-refractivity contribution in [2.75, 3.05) is 25.0 Å². The fourth-order valence-corrected chi connectivity index (χ4v) is 5.66. The molecule has 0 spiro atoms. The maximum absolute atomic E-state index is 13.4. The SMILES string of the molecule is CC(C)CN1CCC(/N=c2\cc3n(-c4ccc(C(F)(F)F)cc4)c4ccccc4nc-3cc2Nc2cccnc2)CC1. The van der Waals surface area contributed by atoms with Crippen molar-refractivity contribution < 1.29 is 13.2 Å². The number of nitrogens with one attached hydrogen (secondary N) is 1. The van der Waals surface area contributed by atoms with Gasteiger partial charge in [-0.3, -0.25) is 9.98 Å².